The third kappa shape index (κ3) is 3.85. The Hall–Kier alpha value is -2.48. The van der Waals surface area contributed by atoms with Gasteiger partial charge in [-0.3, -0.25) is 4.79 Å². The van der Waals surface area contributed by atoms with E-state index in [1.165, 1.54) is 24.3 Å². The molecule has 2 N–H and O–H groups in total. The zero-order chi connectivity index (χ0) is 21.5. The second-order valence-corrected chi connectivity index (χ2v) is 8.69. The molecule has 0 radical (unpaired) electrons. The molecule has 3 rings (SSSR count). The van der Waals surface area contributed by atoms with E-state index in [9.17, 15) is 17.6 Å². The van der Waals surface area contributed by atoms with E-state index in [1.807, 2.05) is 6.92 Å². The van der Waals surface area contributed by atoms with Crippen LogP contribution in [0.15, 0.2) is 47.4 Å². The molecule has 0 spiro atoms. The third-order valence-corrected chi connectivity index (χ3v) is 6.19. The predicted octanol–water partition coefficient (Wildman–Crippen LogP) is 4.70. The van der Waals surface area contributed by atoms with Crippen LogP contribution in [0.3, 0.4) is 0 Å². The number of benzene rings is 2. The lowest BCUT2D eigenvalue weighted by Gasteiger charge is -2.10. The van der Waals surface area contributed by atoms with Crippen molar-refractivity contribution in [2.75, 3.05) is 0 Å². The number of hydrogen-bond donors (Lipinski definition) is 1. The Morgan fingerprint density at radius 3 is 2.21 bits per heavy atom. The Morgan fingerprint density at radius 1 is 1.10 bits per heavy atom. The quantitative estimate of drug-likeness (QED) is 0.591. The highest BCUT2D eigenvalue weighted by Gasteiger charge is 2.25. The maximum Gasteiger partial charge on any atom is 0.238 e. The molecule has 0 saturated carbocycles. The molecule has 0 fully saturated rings. The van der Waals surface area contributed by atoms with Crippen molar-refractivity contribution >= 4 is 27.4 Å². The van der Waals surface area contributed by atoms with Crippen LogP contribution in [0, 0.1) is 12.7 Å². The topological polar surface area (TPSA) is 82.2 Å². The number of nitrogens with two attached hydrogens (primary N) is 1. The average molecular weight is 435 g/mol. The molecule has 29 heavy (non-hydrogen) atoms. The first kappa shape index (κ1) is 21.2. The lowest BCUT2D eigenvalue weighted by Crippen LogP contribution is -2.11. The number of hydrogen-bond acceptors (Lipinski definition) is 3. The number of carbonyl (C=O) groups is 1. The Bertz CT molecular complexity index is 1220. The molecule has 2 aromatic carbocycles. The van der Waals surface area contributed by atoms with E-state index >= 15 is 0 Å². The number of halogens is 2. The van der Waals surface area contributed by atoms with Crippen LogP contribution < -0.4 is 5.14 Å². The van der Waals surface area contributed by atoms with Crippen molar-refractivity contribution in [2.45, 2.75) is 25.2 Å². The predicted molar refractivity (Wildman–Crippen MR) is 112 cm³/mol. The summed E-state index contributed by atoms with van der Waals surface area (Å²) in [5.41, 5.74) is 3.74. The zero-order valence-corrected chi connectivity index (χ0v) is 17.7. The molecule has 0 atom stereocenters. The largest absolute Gasteiger partial charge is 0.344 e. The Kier molecular flexibility index (Phi) is 5.67. The van der Waals surface area contributed by atoms with Crippen molar-refractivity contribution in [1.82, 2.24) is 4.57 Å². The van der Waals surface area contributed by atoms with Crippen molar-refractivity contribution in [1.29, 1.82) is 0 Å². The highest BCUT2D eigenvalue weighted by atomic mass is 35.5. The molecular weight excluding hydrogens is 415 g/mol. The summed E-state index contributed by atoms with van der Waals surface area (Å²) in [4.78, 5) is 12.7. The van der Waals surface area contributed by atoms with Gasteiger partial charge >= 0.3 is 0 Å². The number of sulfonamides is 1. The normalized spacial score (nSPS) is 11.7. The third-order valence-electron chi connectivity index (χ3n) is 4.95. The number of Topliss-reactive ketones (excluding diaryl/α,β-unsaturated/α-hetero) is 1. The first-order valence-corrected chi connectivity index (χ1v) is 10.8. The fourth-order valence-corrected chi connectivity index (χ4v) is 4.03. The number of rotatable bonds is 5. The van der Waals surface area contributed by atoms with Gasteiger partial charge in [-0.1, -0.05) is 36.7 Å². The summed E-state index contributed by atoms with van der Waals surface area (Å²) < 4.78 is 39.1. The van der Waals surface area contributed by atoms with Crippen LogP contribution in [-0.4, -0.2) is 18.8 Å². The Morgan fingerprint density at radius 2 is 1.69 bits per heavy atom. The van der Waals surface area contributed by atoms with Crippen LogP contribution in [0.4, 0.5) is 4.39 Å². The molecular formula is C21H20ClFN2O3S. The van der Waals surface area contributed by atoms with Crippen molar-refractivity contribution in [3.63, 3.8) is 0 Å². The molecule has 0 aliphatic rings. The van der Waals surface area contributed by atoms with E-state index in [2.05, 4.69) is 0 Å². The van der Waals surface area contributed by atoms with Crippen LogP contribution in [-0.2, 0) is 17.1 Å². The summed E-state index contributed by atoms with van der Waals surface area (Å²) in [5, 5.41) is 5.19. The molecule has 8 heteroatoms. The maximum atomic E-state index is 14.2. The van der Waals surface area contributed by atoms with Gasteiger partial charge in [0.25, 0.3) is 0 Å². The van der Waals surface area contributed by atoms with Crippen LogP contribution in [0.5, 0.6) is 0 Å². The molecule has 1 heterocycles. The number of primary sulfonamides is 1. The van der Waals surface area contributed by atoms with E-state index in [0.717, 1.165) is 5.69 Å². The molecule has 1 aromatic heterocycles. The number of ketones is 1. The van der Waals surface area contributed by atoms with E-state index in [1.54, 1.807) is 36.7 Å². The van der Waals surface area contributed by atoms with Gasteiger partial charge in [0, 0.05) is 30.3 Å². The Balaban J connectivity index is 2.35. The minimum absolute atomic E-state index is 0.00578. The number of aromatic nitrogens is 1. The molecule has 0 saturated heterocycles. The molecule has 0 unspecified atom stereocenters. The van der Waals surface area contributed by atoms with E-state index in [4.69, 9.17) is 16.7 Å². The SMILES string of the molecule is CCC(=O)c1c(-c2ccc(S(N)(=O)=O)cc2)c(-c2ccc(Cl)c(F)c2)c(C)n1C. The summed E-state index contributed by atoms with van der Waals surface area (Å²) in [6.07, 6.45) is 0.286. The van der Waals surface area contributed by atoms with Gasteiger partial charge in [-0.05, 0) is 42.3 Å². The highest BCUT2D eigenvalue weighted by molar-refractivity contribution is 7.89. The van der Waals surface area contributed by atoms with Crippen LogP contribution in [0.25, 0.3) is 22.3 Å². The fourth-order valence-electron chi connectivity index (χ4n) is 3.39. The van der Waals surface area contributed by atoms with E-state index in [-0.39, 0.29) is 22.1 Å². The molecule has 0 aliphatic carbocycles. The molecule has 0 aliphatic heterocycles. The van der Waals surface area contributed by atoms with Gasteiger partial charge in [-0.15, -0.1) is 0 Å². The first-order chi connectivity index (χ1) is 13.6. The number of carbonyl (C=O) groups excluding carboxylic acids is 1. The lowest BCUT2D eigenvalue weighted by molar-refractivity contribution is 0.0981. The number of nitrogens with zero attached hydrogens (tertiary/aromatic N) is 1. The standard InChI is InChI=1S/C21H20ClFN2O3S/c1-4-18(26)21-20(13-5-8-15(9-6-13)29(24,27)28)19(12(2)25(21)3)14-7-10-16(22)17(23)11-14/h5-11H,4H2,1-3H3,(H2,24,27,28). The highest BCUT2D eigenvalue weighted by Crippen LogP contribution is 2.41. The summed E-state index contributed by atoms with van der Waals surface area (Å²) in [6.45, 7) is 3.61. The minimum Gasteiger partial charge on any atom is -0.344 e. The maximum absolute atomic E-state index is 14.2. The van der Waals surface area contributed by atoms with Crippen LogP contribution in [0.1, 0.15) is 29.5 Å². The van der Waals surface area contributed by atoms with Gasteiger partial charge in [0.2, 0.25) is 10.0 Å². The molecule has 0 amide bonds. The van der Waals surface area contributed by atoms with Gasteiger partial charge in [0.05, 0.1) is 15.6 Å². The van der Waals surface area contributed by atoms with Gasteiger partial charge in [-0.2, -0.15) is 0 Å². The van der Waals surface area contributed by atoms with Crippen molar-refractivity contribution < 1.29 is 17.6 Å². The summed E-state index contributed by atoms with van der Waals surface area (Å²) in [6, 6.07) is 10.4. The van der Waals surface area contributed by atoms with Crippen LogP contribution >= 0.6 is 11.6 Å². The Labute approximate surface area is 174 Å². The smallest absolute Gasteiger partial charge is 0.238 e. The monoisotopic (exact) mass is 434 g/mol. The van der Waals surface area contributed by atoms with Crippen LogP contribution in [0.2, 0.25) is 5.02 Å². The fraction of sp³-hybridized carbons (Fsp3) is 0.190. The molecule has 3 aromatic rings. The average Bonchev–Trinajstić information content (AvgIpc) is 2.94. The first-order valence-electron chi connectivity index (χ1n) is 8.87. The van der Waals surface area contributed by atoms with Crippen molar-refractivity contribution in [2.24, 2.45) is 12.2 Å². The van der Waals surface area contributed by atoms with Gasteiger partial charge in [-0.25, -0.2) is 17.9 Å². The summed E-state index contributed by atoms with van der Waals surface area (Å²) in [7, 11) is -2.07. The lowest BCUT2D eigenvalue weighted by atomic mass is 9.93. The van der Waals surface area contributed by atoms with Gasteiger partial charge in [0.1, 0.15) is 5.82 Å². The summed E-state index contributed by atoms with van der Waals surface area (Å²) in [5.74, 6) is -0.645. The van der Waals surface area contributed by atoms with Crippen molar-refractivity contribution in [3.05, 3.63) is 64.7 Å². The minimum atomic E-state index is -3.84. The van der Waals surface area contributed by atoms with Gasteiger partial charge in [0.15, 0.2) is 5.78 Å². The van der Waals surface area contributed by atoms with E-state index in [0.29, 0.717) is 27.9 Å². The van der Waals surface area contributed by atoms with Gasteiger partial charge < -0.3 is 4.57 Å². The van der Waals surface area contributed by atoms with Crippen molar-refractivity contribution in [3.8, 4) is 22.3 Å². The molecule has 5 nitrogen and oxygen atoms in total. The summed E-state index contributed by atoms with van der Waals surface area (Å²) >= 11 is 5.83. The van der Waals surface area contributed by atoms with E-state index < -0.39 is 15.8 Å². The molecule has 0 bridgehead atoms. The second-order valence-electron chi connectivity index (χ2n) is 6.72. The zero-order valence-electron chi connectivity index (χ0n) is 16.2. The molecule has 152 valence electrons. The second kappa shape index (κ2) is 7.74.